The summed E-state index contributed by atoms with van der Waals surface area (Å²) in [6.07, 6.45) is 0.327. The molecule has 0 aromatic heterocycles. The van der Waals surface area contributed by atoms with Gasteiger partial charge in [-0.15, -0.1) is 0 Å². The zero-order valence-corrected chi connectivity index (χ0v) is 10.8. The van der Waals surface area contributed by atoms with Crippen LogP contribution in [0.1, 0.15) is 20.3 Å². The quantitative estimate of drug-likeness (QED) is 0.470. The number of carbonyl (C=O) groups is 2. The molecular formula is C11H22N2O5. The summed E-state index contributed by atoms with van der Waals surface area (Å²) < 4.78 is 0. The van der Waals surface area contributed by atoms with Crippen molar-refractivity contribution in [2.24, 2.45) is 5.92 Å². The third-order valence-electron chi connectivity index (χ3n) is 2.33. The van der Waals surface area contributed by atoms with Crippen LogP contribution in [0.4, 0.5) is 4.79 Å². The summed E-state index contributed by atoms with van der Waals surface area (Å²) in [5, 5.41) is 28.9. The molecule has 0 aromatic carbocycles. The second kappa shape index (κ2) is 8.71. The minimum absolute atomic E-state index is 0.0560. The van der Waals surface area contributed by atoms with E-state index in [1.165, 1.54) is 4.90 Å². The third kappa shape index (κ3) is 6.41. The zero-order chi connectivity index (χ0) is 14.1. The molecular weight excluding hydrogens is 240 g/mol. The van der Waals surface area contributed by atoms with Gasteiger partial charge in [0.25, 0.3) is 0 Å². The molecule has 0 spiro atoms. The average molecular weight is 262 g/mol. The Morgan fingerprint density at radius 1 is 1.17 bits per heavy atom. The maximum absolute atomic E-state index is 11.7. The Hall–Kier alpha value is -1.34. The molecule has 0 saturated heterocycles. The molecule has 0 aliphatic heterocycles. The molecule has 4 N–H and O–H groups in total. The summed E-state index contributed by atoms with van der Waals surface area (Å²) >= 11 is 0. The topological polar surface area (TPSA) is 110 Å². The van der Waals surface area contributed by atoms with Crippen molar-refractivity contribution in [2.45, 2.75) is 26.3 Å². The first kappa shape index (κ1) is 16.7. The summed E-state index contributed by atoms with van der Waals surface area (Å²) in [7, 11) is 0. The molecule has 7 nitrogen and oxygen atoms in total. The number of amides is 2. The summed E-state index contributed by atoms with van der Waals surface area (Å²) in [6, 6.07) is -1.55. The number of nitrogens with zero attached hydrogens (tertiary/aromatic N) is 1. The Morgan fingerprint density at radius 3 is 2.00 bits per heavy atom. The highest BCUT2D eigenvalue weighted by molar-refractivity contribution is 5.82. The van der Waals surface area contributed by atoms with Gasteiger partial charge in [-0.1, -0.05) is 13.8 Å². The molecule has 0 bridgehead atoms. The standard InChI is InChI=1S/C11H22N2O5/c1-8(2)7-9(10(16)17)12-11(18)13(3-5-14)4-6-15/h8-9,14-15H,3-7H2,1-2H3,(H,12,18)(H,16,17)/t9-/m1/s1. The Bertz CT molecular complexity index is 264. The lowest BCUT2D eigenvalue weighted by atomic mass is 10.0. The van der Waals surface area contributed by atoms with Gasteiger partial charge in [0.15, 0.2) is 0 Å². The second-order valence-electron chi connectivity index (χ2n) is 4.40. The van der Waals surface area contributed by atoms with Gasteiger partial charge in [0.05, 0.1) is 13.2 Å². The number of carboxylic acids is 1. The first-order chi connectivity index (χ1) is 8.42. The van der Waals surface area contributed by atoms with Gasteiger partial charge < -0.3 is 25.5 Å². The molecule has 0 aromatic rings. The molecule has 7 heteroatoms. The van der Waals surface area contributed by atoms with Crippen molar-refractivity contribution < 1.29 is 24.9 Å². The number of aliphatic hydroxyl groups is 2. The van der Waals surface area contributed by atoms with Crippen LogP contribution in [0.25, 0.3) is 0 Å². The first-order valence-corrected chi connectivity index (χ1v) is 5.92. The number of urea groups is 1. The summed E-state index contributed by atoms with van der Waals surface area (Å²) in [5.74, 6) is -0.958. The predicted molar refractivity (Wildman–Crippen MR) is 65.2 cm³/mol. The van der Waals surface area contributed by atoms with E-state index in [1.807, 2.05) is 13.8 Å². The van der Waals surface area contributed by atoms with Crippen LogP contribution in [0.2, 0.25) is 0 Å². The van der Waals surface area contributed by atoms with Crippen LogP contribution in [-0.4, -0.2) is 64.6 Å². The Balaban J connectivity index is 4.49. The SMILES string of the molecule is CC(C)C[C@@H](NC(=O)N(CCO)CCO)C(=O)O. The van der Waals surface area contributed by atoms with E-state index in [0.29, 0.717) is 6.42 Å². The van der Waals surface area contributed by atoms with Gasteiger partial charge in [-0.2, -0.15) is 0 Å². The van der Waals surface area contributed by atoms with Gasteiger partial charge in [-0.3, -0.25) is 0 Å². The lowest BCUT2D eigenvalue weighted by Crippen LogP contribution is -2.49. The molecule has 106 valence electrons. The second-order valence-corrected chi connectivity index (χ2v) is 4.40. The fourth-order valence-electron chi connectivity index (χ4n) is 1.49. The zero-order valence-electron chi connectivity index (χ0n) is 10.8. The van der Waals surface area contributed by atoms with E-state index in [9.17, 15) is 9.59 Å². The molecule has 2 amide bonds. The van der Waals surface area contributed by atoms with Crippen LogP contribution in [-0.2, 0) is 4.79 Å². The Kier molecular flexibility index (Phi) is 8.06. The van der Waals surface area contributed by atoms with Crippen molar-refractivity contribution in [1.82, 2.24) is 10.2 Å². The van der Waals surface area contributed by atoms with E-state index < -0.39 is 18.0 Å². The molecule has 0 unspecified atom stereocenters. The normalized spacial score (nSPS) is 12.3. The van der Waals surface area contributed by atoms with Gasteiger partial charge >= 0.3 is 12.0 Å². The molecule has 0 rings (SSSR count). The van der Waals surface area contributed by atoms with Crippen molar-refractivity contribution in [3.05, 3.63) is 0 Å². The van der Waals surface area contributed by atoms with Crippen LogP contribution in [0.5, 0.6) is 0 Å². The maximum Gasteiger partial charge on any atom is 0.326 e. The lowest BCUT2D eigenvalue weighted by Gasteiger charge is -2.24. The van der Waals surface area contributed by atoms with Crippen LogP contribution in [0, 0.1) is 5.92 Å². The van der Waals surface area contributed by atoms with E-state index in [1.54, 1.807) is 0 Å². The van der Waals surface area contributed by atoms with Crippen molar-refractivity contribution in [3.8, 4) is 0 Å². The smallest absolute Gasteiger partial charge is 0.326 e. The number of rotatable bonds is 8. The largest absolute Gasteiger partial charge is 0.480 e. The van der Waals surface area contributed by atoms with Crippen molar-refractivity contribution >= 4 is 12.0 Å². The Morgan fingerprint density at radius 2 is 1.67 bits per heavy atom. The van der Waals surface area contributed by atoms with E-state index in [4.69, 9.17) is 15.3 Å². The molecule has 0 radical (unpaired) electrons. The first-order valence-electron chi connectivity index (χ1n) is 5.92. The predicted octanol–water partition coefficient (Wildman–Crippen LogP) is -0.518. The Labute approximate surface area is 106 Å². The maximum atomic E-state index is 11.7. The monoisotopic (exact) mass is 262 g/mol. The number of hydrogen-bond donors (Lipinski definition) is 4. The van der Waals surface area contributed by atoms with Crippen LogP contribution in [0.3, 0.4) is 0 Å². The summed E-state index contributed by atoms with van der Waals surface area (Å²) in [6.45, 7) is 3.36. The van der Waals surface area contributed by atoms with Gasteiger partial charge in [-0.25, -0.2) is 9.59 Å². The van der Waals surface area contributed by atoms with E-state index in [2.05, 4.69) is 5.32 Å². The molecule has 0 heterocycles. The van der Waals surface area contributed by atoms with E-state index >= 15 is 0 Å². The number of aliphatic hydroxyl groups excluding tert-OH is 2. The van der Waals surface area contributed by atoms with Crippen LogP contribution < -0.4 is 5.32 Å². The highest BCUT2D eigenvalue weighted by Gasteiger charge is 2.23. The molecule has 1 atom stereocenters. The van der Waals surface area contributed by atoms with Gasteiger partial charge in [0, 0.05) is 13.1 Å². The molecule has 0 aliphatic carbocycles. The summed E-state index contributed by atoms with van der Waals surface area (Å²) in [5.41, 5.74) is 0. The number of carbonyl (C=O) groups excluding carboxylic acids is 1. The minimum atomic E-state index is -1.09. The van der Waals surface area contributed by atoms with Crippen LogP contribution >= 0.6 is 0 Å². The molecule has 18 heavy (non-hydrogen) atoms. The number of carboxylic acid groups (broad SMARTS) is 1. The molecule has 0 aliphatic rings. The van der Waals surface area contributed by atoms with Crippen molar-refractivity contribution in [2.75, 3.05) is 26.3 Å². The van der Waals surface area contributed by atoms with E-state index in [0.717, 1.165) is 0 Å². The van der Waals surface area contributed by atoms with Crippen molar-refractivity contribution in [1.29, 1.82) is 0 Å². The molecule has 0 fully saturated rings. The molecule has 0 saturated carbocycles. The van der Waals surface area contributed by atoms with Gasteiger partial charge in [0.2, 0.25) is 0 Å². The summed E-state index contributed by atoms with van der Waals surface area (Å²) in [4.78, 5) is 23.9. The van der Waals surface area contributed by atoms with Gasteiger partial charge in [-0.05, 0) is 12.3 Å². The number of nitrogens with one attached hydrogen (secondary N) is 1. The highest BCUT2D eigenvalue weighted by atomic mass is 16.4. The minimum Gasteiger partial charge on any atom is -0.480 e. The van der Waals surface area contributed by atoms with Crippen LogP contribution in [0.15, 0.2) is 0 Å². The fraction of sp³-hybridized carbons (Fsp3) is 0.818. The third-order valence-corrected chi connectivity index (χ3v) is 2.33. The van der Waals surface area contributed by atoms with E-state index in [-0.39, 0.29) is 32.2 Å². The number of aliphatic carboxylic acids is 1. The average Bonchev–Trinajstić information content (AvgIpc) is 2.27. The fourth-order valence-corrected chi connectivity index (χ4v) is 1.49. The van der Waals surface area contributed by atoms with Gasteiger partial charge in [0.1, 0.15) is 6.04 Å². The lowest BCUT2D eigenvalue weighted by molar-refractivity contribution is -0.139. The number of hydrogen-bond acceptors (Lipinski definition) is 4. The highest BCUT2D eigenvalue weighted by Crippen LogP contribution is 2.05. The van der Waals surface area contributed by atoms with Crippen molar-refractivity contribution in [3.63, 3.8) is 0 Å².